The van der Waals surface area contributed by atoms with Crippen molar-refractivity contribution in [3.05, 3.63) is 62.5 Å². The number of esters is 1. The fourth-order valence-corrected chi connectivity index (χ4v) is 3.52. The Morgan fingerprint density at radius 3 is 2.29 bits per heavy atom. The Labute approximate surface area is 180 Å². The number of carbonyl (C=O) groups excluding carboxylic acids is 2. The molecule has 0 aliphatic carbocycles. The summed E-state index contributed by atoms with van der Waals surface area (Å²) in [5, 5.41) is 17.5. The molecule has 0 radical (unpaired) electrons. The molecule has 1 amide bonds. The summed E-state index contributed by atoms with van der Waals surface area (Å²) in [5.41, 5.74) is 6.67. The van der Waals surface area contributed by atoms with Gasteiger partial charge in [0.25, 0.3) is 5.69 Å². The second kappa shape index (κ2) is 11.2. The van der Waals surface area contributed by atoms with E-state index >= 15 is 0 Å². The number of benzene rings is 1. The van der Waals surface area contributed by atoms with Crippen LogP contribution in [0.25, 0.3) is 0 Å². The predicted molar refractivity (Wildman–Crippen MR) is 114 cm³/mol. The Morgan fingerprint density at radius 2 is 1.81 bits per heavy atom. The highest BCUT2D eigenvalue weighted by Gasteiger charge is 2.39. The highest BCUT2D eigenvalue weighted by atomic mass is 16.6. The number of allylic oxidation sites excluding steroid dienone is 2. The summed E-state index contributed by atoms with van der Waals surface area (Å²) in [6, 6.07) is 5.96. The number of nitro benzene ring substituents is 1. The van der Waals surface area contributed by atoms with Gasteiger partial charge >= 0.3 is 5.97 Å². The van der Waals surface area contributed by atoms with Crippen LogP contribution in [0.2, 0.25) is 0 Å². The number of nitro groups is 1. The molecule has 1 unspecified atom stereocenters. The molecular weight excluding hydrogens is 404 g/mol. The number of nitrogens with two attached hydrogens (primary N) is 1. The van der Waals surface area contributed by atoms with Gasteiger partial charge in [-0.2, -0.15) is 0 Å². The van der Waals surface area contributed by atoms with Crippen LogP contribution in [-0.2, 0) is 19.1 Å². The summed E-state index contributed by atoms with van der Waals surface area (Å²) in [6.07, 6.45) is 0. The quantitative estimate of drug-likeness (QED) is 0.360. The van der Waals surface area contributed by atoms with E-state index in [2.05, 4.69) is 10.6 Å². The minimum Gasteiger partial charge on any atom is -0.463 e. The second-order valence-electron chi connectivity index (χ2n) is 6.90. The Kier molecular flexibility index (Phi) is 8.71. The third-order valence-electron chi connectivity index (χ3n) is 4.81. The Morgan fingerprint density at radius 1 is 1.19 bits per heavy atom. The molecule has 3 rings (SSSR count). The van der Waals surface area contributed by atoms with Crippen LogP contribution in [0, 0.1) is 10.1 Å². The van der Waals surface area contributed by atoms with Crippen molar-refractivity contribution in [3.8, 4) is 0 Å². The van der Waals surface area contributed by atoms with E-state index in [1.165, 1.54) is 18.2 Å². The molecule has 1 saturated heterocycles. The topological polar surface area (TPSA) is 146 Å². The van der Waals surface area contributed by atoms with Gasteiger partial charge in [0.05, 0.1) is 36.2 Å². The van der Waals surface area contributed by atoms with Gasteiger partial charge in [-0.3, -0.25) is 14.9 Å². The van der Waals surface area contributed by atoms with Crippen LogP contribution in [0.5, 0.6) is 0 Å². The van der Waals surface area contributed by atoms with E-state index in [4.69, 9.17) is 15.2 Å². The van der Waals surface area contributed by atoms with Crippen LogP contribution in [0.4, 0.5) is 5.69 Å². The SMILES string of the molecule is C1COCCN1.CCOC(=O)C1=C(C)NC(C)=C(C(N)=O)C1c1ccccc1[N+](=O)[O-]. The zero-order valence-corrected chi connectivity index (χ0v) is 17.9. The van der Waals surface area contributed by atoms with Gasteiger partial charge in [0.2, 0.25) is 5.91 Å². The van der Waals surface area contributed by atoms with Crippen LogP contribution in [0.3, 0.4) is 0 Å². The fraction of sp³-hybridized carbons (Fsp3) is 0.429. The number of amides is 1. The van der Waals surface area contributed by atoms with Crippen LogP contribution < -0.4 is 16.4 Å². The van der Waals surface area contributed by atoms with E-state index in [-0.39, 0.29) is 29.0 Å². The highest BCUT2D eigenvalue weighted by Crippen LogP contribution is 2.41. The van der Waals surface area contributed by atoms with E-state index in [0.717, 1.165) is 26.3 Å². The first-order valence-electron chi connectivity index (χ1n) is 9.96. The number of ether oxygens (including phenoxy) is 2. The highest BCUT2D eigenvalue weighted by molar-refractivity contribution is 6.01. The van der Waals surface area contributed by atoms with E-state index in [1.54, 1.807) is 26.8 Å². The van der Waals surface area contributed by atoms with Crippen molar-refractivity contribution in [3.63, 3.8) is 0 Å². The van der Waals surface area contributed by atoms with Gasteiger partial charge in [0.1, 0.15) is 0 Å². The lowest BCUT2D eigenvalue weighted by molar-refractivity contribution is -0.385. The van der Waals surface area contributed by atoms with E-state index in [9.17, 15) is 19.7 Å². The minimum absolute atomic E-state index is 0.1000. The lowest BCUT2D eigenvalue weighted by atomic mass is 9.79. The first kappa shape index (κ1) is 24.0. The summed E-state index contributed by atoms with van der Waals surface area (Å²) in [4.78, 5) is 35.4. The number of hydrogen-bond donors (Lipinski definition) is 3. The number of rotatable bonds is 5. The number of para-hydroxylation sites is 1. The summed E-state index contributed by atoms with van der Waals surface area (Å²) >= 11 is 0. The molecule has 0 saturated carbocycles. The van der Waals surface area contributed by atoms with Crippen molar-refractivity contribution < 1.29 is 24.0 Å². The minimum atomic E-state index is -0.973. The summed E-state index contributed by atoms with van der Waals surface area (Å²) in [6.45, 7) is 8.90. The Bertz CT molecular complexity index is 893. The van der Waals surface area contributed by atoms with E-state index in [0.29, 0.717) is 11.4 Å². The number of primary amides is 1. The average molecular weight is 432 g/mol. The lowest BCUT2D eigenvalue weighted by Gasteiger charge is -2.29. The third-order valence-corrected chi connectivity index (χ3v) is 4.81. The largest absolute Gasteiger partial charge is 0.463 e. The van der Waals surface area contributed by atoms with Gasteiger partial charge < -0.3 is 25.8 Å². The van der Waals surface area contributed by atoms with Crippen molar-refractivity contribution >= 4 is 17.6 Å². The molecule has 1 fully saturated rings. The molecule has 2 aliphatic heterocycles. The molecule has 2 aliphatic rings. The van der Waals surface area contributed by atoms with E-state index in [1.807, 2.05) is 0 Å². The number of carbonyl (C=O) groups is 2. The normalized spacial score (nSPS) is 18.5. The van der Waals surface area contributed by atoms with Crippen LogP contribution >= 0.6 is 0 Å². The molecule has 10 heteroatoms. The fourth-order valence-electron chi connectivity index (χ4n) is 3.52. The molecule has 10 nitrogen and oxygen atoms in total. The summed E-state index contributed by atoms with van der Waals surface area (Å²) in [5.74, 6) is -2.39. The van der Waals surface area contributed by atoms with Crippen LogP contribution in [0.1, 0.15) is 32.3 Å². The summed E-state index contributed by atoms with van der Waals surface area (Å²) < 4.78 is 10.1. The molecule has 1 atom stereocenters. The van der Waals surface area contributed by atoms with Crippen molar-refractivity contribution in [1.82, 2.24) is 10.6 Å². The van der Waals surface area contributed by atoms with Gasteiger partial charge in [-0.05, 0) is 20.8 Å². The van der Waals surface area contributed by atoms with Gasteiger partial charge in [0, 0.05) is 41.7 Å². The van der Waals surface area contributed by atoms with Gasteiger partial charge in [-0.1, -0.05) is 18.2 Å². The monoisotopic (exact) mass is 432 g/mol. The lowest BCUT2D eigenvalue weighted by Crippen LogP contribution is -2.34. The van der Waals surface area contributed by atoms with Crippen molar-refractivity contribution in [2.75, 3.05) is 32.9 Å². The number of morpholine rings is 1. The molecule has 31 heavy (non-hydrogen) atoms. The molecule has 4 N–H and O–H groups in total. The summed E-state index contributed by atoms with van der Waals surface area (Å²) in [7, 11) is 0. The zero-order chi connectivity index (χ0) is 23.0. The van der Waals surface area contributed by atoms with Crippen LogP contribution in [0.15, 0.2) is 46.8 Å². The number of dihydropyridines is 1. The van der Waals surface area contributed by atoms with Gasteiger partial charge in [-0.15, -0.1) is 0 Å². The molecule has 0 spiro atoms. The standard InChI is InChI=1S/C17H19N3O5.C4H9NO/c1-4-25-17(22)14-10(3)19-9(2)13(16(18)21)15(14)11-7-5-6-8-12(11)20(23)24;1-3-6-4-2-5-1/h5-8,15,19H,4H2,1-3H3,(H2,18,21);5H,1-4H2. The smallest absolute Gasteiger partial charge is 0.336 e. The van der Waals surface area contributed by atoms with Crippen molar-refractivity contribution in [2.45, 2.75) is 26.7 Å². The molecule has 0 bridgehead atoms. The average Bonchev–Trinajstić information content (AvgIpc) is 2.74. The Hall–Kier alpha value is -3.24. The van der Waals surface area contributed by atoms with Crippen molar-refractivity contribution in [2.24, 2.45) is 5.73 Å². The maximum atomic E-state index is 12.5. The zero-order valence-electron chi connectivity index (χ0n) is 17.9. The molecule has 168 valence electrons. The van der Waals surface area contributed by atoms with Gasteiger partial charge in [-0.25, -0.2) is 4.79 Å². The first-order chi connectivity index (χ1) is 14.8. The number of nitrogens with one attached hydrogen (secondary N) is 2. The third kappa shape index (κ3) is 5.89. The first-order valence-corrected chi connectivity index (χ1v) is 9.96. The molecule has 2 heterocycles. The molecular formula is C21H28N4O6. The molecule has 0 aromatic heterocycles. The second-order valence-corrected chi connectivity index (χ2v) is 6.90. The predicted octanol–water partition coefficient (Wildman–Crippen LogP) is 1.48. The number of nitrogens with zero attached hydrogens (tertiary/aromatic N) is 1. The van der Waals surface area contributed by atoms with Crippen LogP contribution in [-0.4, -0.2) is 49.7 Å². The molecule has 1 aromatic rings. The maximum Gasteiger partial charge on any atom is 0.336 e. The van der Waals surface area contributed by atoms with Gasteiger partial charge in [0.15, 0.2) is 0 Å². The van der Waals surface area contributed by atoms with E-state index < -0.39 is 22.7 Å². The molecule has 1 aromatic carbocycles. The van der Waals surface area contributed by atoms with Crippen molar-refractivity contribution in [1.29, 1.82) is 0 Å². The number of hydrogen-bond acceptors (Lipinski definition) is 8. The maximum absolute atomic E-state index is 12.5. The Balaban J connectivity index is 0.000000488.